The van der Waals surface area contributed by atoms with Gasteiger partial charge in [-0.15, -0.1) is 0 Å². The van der Waals surface area contributed by atoms with Gasteiger partial charge >= 0.3 is 0 Å². The molecule has 126 valence electrons. The lowest BCUT2D eigenvalue weighted by Crippen LogP contribution is -2.23. The van der Waals surface area contributed by atoms with Gasteiger partial charge < -0.3 is 4.57 Å². The summed E-state index contributed by atoms with van der Waals surface area (Å²) >= 11 is 0. The molecule has 0 aliphatic heterocycles. The van der Waals surface area contributed by atoms with Crippen LogP contribution in [0.25, 0.3) is 11.0 Å². The normalized spacial score (nSPS) is 11.1. The molecule has 8 heteroatoms. The molecule has 0 aliphatic rings. The first kappa shape index (κ1) is 16.3. The van der Waals surface area contributed by atoms with E-state index in [1.54, 1.807) is 12.1 Å². The molecule has 1 amide bonds. The molecule has 0 unspecified atom stereocenters. The third-order valence-electron chi connectivity index (χ3n) is 3.65. The Hall–Kier alpha value is -3.55. The van der Waals surface area contributed by atoms with Crippen molar-refractivity contribution in [3.8, 4) is 0 Å². The summed E-state index contributed by atoms with van der Waals surface area (Å²) in [6.07, 6.45) is 1.43. The molecule has 2 aromatic carbocycles. The van der Waals surface area contributed by atoms with E-state index in [0.29, 0.717) is 5.56 Å². The maximum Gasteiger partial charge on any atom is 0.269 e. The summed E-state index contributed by atoms with van der Waals surface area (Å²) in [7, 11) is 0. The van der Waals surface area contributed by atoms with Gasteiger partial charge in [0.1, 0.15) is 12.4 Å². The average Bonchev–Trinajstić information content (AvgIpc) is 2.91. The van der Waals surface area contributed by atoms with E-state index < -0.39 is 4.92 Å². The number of nitrogens with zero attached hydrogens (tertiary/aromatic N) is 4. The highest BCUT2D eigenvalue weighted by Crippen LogP contribution is 2.15. The topological polar surface area (TPSA) is 102 Å². The Labute approximate surface area is 142 Å². The van der Waals surface area contributed by atoms with Crippen molar-refractivity contribution in [2.75, 3.05) is 0 Å². The molecule has 0 bridgehead atoms. The van der Waals surface area contributed by atoms with Crippen molar-refractivity contribution in [2.24, 2.45) is 5.10 Å². The van der Waals surface area contributed by atoms with Gasteiger partial charge in [0.2, 0.25) is 0 Å². The van der Waals surface area contributed by atoms with E-state index in [9.17, 15) is 14.9 Å². The van der Waals surface area contributed by atoms with Crippen LogP contribution >= 0.6 is 0 Å². The Bertz CT molecular complexity index is 960. The van der Waals surface area contributed by atoms with Crippen LogP contribution in [0.5, 0.6) is 0 Å². The number of nitro benzene ring substituents is 1. The first-order valence-electron chi connectivity index (χ1n) is 7.53. The van der Waals surface area contributed by atoms with E-state index in [1.165, 1.54) is 18.3 Å². The zero-order valence-electron chi connectivity index (χ0n) is 13.4. The first-order chi connectivity index (χ1) is 12.0. The second-order valence-electron chi connectivity index (χ2n) is 5.38. The summed E-state index contributed by atoms with van der Waals surface area (Å²) in [6, 6.07) is 13.5. The highest BCUT2D eigenvalue weighted by Gasteiger charge is 2.10. The van der Waals surface area contributed by atoms with E-state index in [0.717, 1.165) is 16.9 Å². The highest BCUT2D eigenvalue weighted by atomic mass is 16.6. The summed E-state index contributed by atoms with van der Waals surface area (Å²) in [4.78, 5) is 26.6. The lowest BCUT2D eigenvalue weighted by molar-refractivity contribution is -0.384. The number of amides is 1. The van der Waals surface area contributed by atoms with Crippen LogP contribution in [0, 0.1) is 17.0 Å². The molecule has 0 radical (unpaired) electrons. The summed E-state index contributed by atoms with van der Waals surface area (Å²) in [5, 5.41) is 14.5. The number of carbonyl (C=O) groups is 1. The smallest absolute Gasteiger partial charge is 0.269 e. The van der Waals surface area contributed by atoms with Crippen LogP contribution in [-0.4, -0.2) is 26.6 Å². The second-order valence-corrected chi connectivity index (χ2v) is 5.38. The second kappa shape index (κ2) is 6.91. The fraction of sp³-hybridized carbons (Fsp3) is 0.118. The van der Waals surface area contributed by atoms with E-state index in [-0.39, 0.29) is 18.1 Å². The molecule has 3 aromatic rings. The van der Waals surface area contributed by atoms with Gasteiger partial charge in [0.15, 0.2) is 0 Å². The van der Waals surface area contributed by atoms with Gasteiger partial charge in [-0.25, -0.2) is 10.4 Å². The minimum atomic E-state index is -0.472. The Morgan fingerprint density at radius 2 is 2.00 bits per heavy atom. The summed E-state index contributed by atoms with van der Waals surface area (Å²) < 4.78 is 1.81. The average molecular weight is 337 g/mol. The van der Waals surface area contributed by atoms with Gasteiger partial charge in [-0.3, -0.25) is 14.9 Å². The molecule has 1 aromatic heterocycles. The molecule has 0 saturated carbocycles. The number of hydrogen-bond acceptors (Lipinski definition) is 5. The molecule has 8 nitrogen and oxygen atoms in total. The predicted octanol–water partition coefficient (Wildman–Crippen LogP) is 2.40. The zero-order valence-corrected chi connectivity index (χ0v) is 13.4. The number of nitro groups is 1. The molecule has 1 N–H and O–H groups in total. The van der Waals surface area contributed by atoms with E-state index >= 15 is 0 Å². The number of nitrogens with one attached hydrogen (secondary N) is 1. The monoisotopic (exact) mass is 337 g/mol. The maximum absolute atomic E-state index is 12.1. The van der Waals surface area contributed by atoms with Gasteiger partial charge in [-0.2, -0.15) is 5.10 Å². The Morgan fingerprint density at radius 1 is 1.28 bits per heavy atom. The molecule has 1 heterocycles. The number of hydrogen-bond donors (Lipinski definition) is 1. The van der Waals surface area contributed by atoms with E-state index in [4.69, 9.17) is 0 Å². The van der Waals surface area contributed by atoms with Crippen molar-refractivity contribution in [1.82, 2.24) is 15.0 Å². The van der Waals surface area contributed by atoms with Crippen LogP contribution < -0.4 is 5.43 Å². The first-order valence-corrected chi connectivity index (χ1v) is 7.53. The van der Waals surface area contributed by atoms with Crippen LogP contribution in [0.3, 0.4) is 0 Å². The number of para-hydroxylation sites is 2. The van der Waals surface area contributed by atoms with Crippen molar-refractivity contribution < 1.29 is 9.72 Å². The zero-order chi connectivity index (χ0) is 17.8. The Balaban J connectivity index is 1.64. The minimum absolute atomic E-state index is 0.00338. The number of fused-ring (bicyclic) bond motifs is 1. The molecule has 0 aliphatic carbocycles. The molecule has 0 fully saturated rings. The fourth-order valence-corrected chi connectivity index (χ4v) is 2.44. The third-order valence-corrected chi connectivity index (χ3v) is 3.65. The van der Waals surface area contributed by atoms with Gasteiger partial charge in [-0.1, -0.05) is 12.1 Å². The standard InChI is InChI=1S/C17H15N5O3/c1-12-19-15-4-2-3-5-16(15)21(12)11-17(23)20-18-10-13-6-8-14(9-7-13)22(24)25/h2-10H,11H2,1H3,(H,20,23)/b18-10+. The Kier molecular flexibility index (Phi) is 4.51. The van der Waals surface area contributed by atoms with Crippen LogP contribution in [0.1, 0.15) is 11.4 Å². The number of imidazole rings is 1. The van der Waals surface area contributed by atoms with Gasteiger partial charge in [0.05, 0.1) is 22.2 Å². The molecule has 0 atom stereocenters. The summed E-state index contributed by atoms with van der Waals surface area (Å²) in [6.45, 7) is 1.94. The molecule has 25 heavy (non-hydrogen) atoms. The number of aromatic nitrogens is 2. The lowest BCUT2D eigenvalue weighted by Gasteiger charge is -2.05. The van der Waals surface area contributed by atoms with Crippen molar-refractivity contribution >= 4 is 28.8 Å². The number of aryl methyl sites for hydroxylation is 1. The number of benzene rings is 2. The van der Waals surface area contributed by atoms with Gasteiger partial charge in [0, 0.05) is 12.1 Å². The van der Waals surface area contributed by atoms with Crippen molar-refractivity contribution in [3.63, 3.8) is 0 Å². The summed E-state index contributed by atoms with van der Waals surface area (Å²) in [5.41, 5.74) is 4.82. The number of carbonyl (C=O) groups excluding carboxylic acids is 1. The number of non-ortho nitro benzene ring substituents is 1. The summed E-state index contributed by atoms with van der Waals surface area (Å²) in [5.74, 6) is 0.458. The van der Waals surface area contributed by atoms with Crippen LogP contribution in [0.15, 0.2) is 53.6 Å². The predicted molar refractivity (Wildman–Crippen MR) is 93.3 cm³/mol. The molecule has 3 rings (SSSR count). The molecule has 0 spiro atoms. The molecular formula is C17H15N5O3. The highest BCUT2D eigenvalue weighted by molar-refractivity contribution is 5.84. The third kappa shape index (κ3) is 3.69. The van der Waals surface area contributed by atoms with Gasteiger partial charge in [0.25, 0.3) is 11.6 Å². The van der Waals surface area contributed by atoms with Crippen molar-refractivity contribution in [2.45, 2.75) is 13.5 Å². The lowest BCUT2D eigenvalue weighted by atomic mass is 10.2. The van der Waals surface area contributed by atoms with Crippen LogP contribution in [0.2, 0.25) is 0 Å². The Morgan fingerprint density at radius 3 is 2.72 bits per heavy atom. The van der Waals surface area contributed by atoms with Crippen LogP contribution in [-0.2, 0) is 11.3 Å². The SMILES string of the molecule is Cc1nc2ccccc2n1CC(=O)N/N=C/c1ccc([N+](=O)[O-])cc1. The quantitative estimate of drug-likeness (QED) is 0.439. The van der Waals surface area contributed by atoms with Crippen LogP contribution in [0.4, 0.5) is 5.69 Å². The fourth-order valence-electron chi connectivity index (χ4n) is 2.44. The number of hydrazone groups is 1. The van der Waals surface area contributed by atoms with Crippen molar-refractivity contribution in [3.05, 3.63) is 70.0 Å². The van der Waals surface area contributed by atoms with Gasteiger partial charge in [-0.05, 0) is 36.8 Å². The minimum Gasteiger partial charge on any atom is -0.319 e. The maximum atomic E-state index is 12.1. The van der Waals surface area contributed by atoms with Crippen molar-refractivity contribution in [1.29, 1.82) is 0 Å². The number of rotatable bonds is 5. The van der Waals surface area contributed by atoms with E-state index in [2.05, 4.69) is 15.5 Å². The molecular weight excluding hydrogens is 322 g/mol. The van der Waals surface area contributed by atoms with E-state index in [1.807, 2.05) is 35.8 Å². The largest absolute Gasteiger partial charge is 0.319 e. The molecule has 0 saturated heterocycles.